The monoisotopic (exact) mass is 222 g/mol. The molecule has 1 heterocycles. The molecule has 7 heteroatoms. The van der Waals surface area contributed by atoms with Crippen molar-refractivity contribution in [2.45, 2.75) is 6.92 Å². The number of ether oxygens (including phenoxy) is 1. The van der Waals surface area contributed by atoms with Gasteiger partial charge >= 0.3 is 5.24 Å². The number of nitrogens with two attached hydrogens (primary N) is 1. The van der Waals surface area contributed by atoms with E-state index < -0.39 is 16.2 Å². The van der Waals surface area contributed by atoms with Crippen LogP contribution in [0.25, 0.3) is 0 Å². The summed E-state index contributed by atoms with van der Waals surface area (Å²) in [7, 11) is -1.82. The second kappa shape index (κ2) is 3.91. The van der Waals surface area contributed by atoms with Crippen LogP contribution in [0.5, 0.6) is 5.88 Å². The second-order valence-electron chi connectivity index (χ2n) is 2.10. The van der Waals surface area contributed by atoms with Gasteiger partial charge in [0.25, 0.3) is 10.8 Å². The highest BCUT2D eigenvalue weighted by molar-refractivity contribution is 7.23. The molecule has 0 spiro atoms. The van der Waals surface area contributed by atoms with Crippen molar-refractivity contribution < 1.29 is 14.1 Å². The van der Waals surface area contributed by atoms with E-state index >= 15 is 0 Å². The molecule has 0 saturated heterocycles. The summed E-state index contributed by atoms with van der Waals surface area (Å²) < 4.78 is 19.6. The van der Waals surface area contributed by atoms with Crippen molar-refractivity contribution in [3.63, 3.8) is 0 Å². The topological polar surface area (TPSA) is 88.3 Å². The van der Waals surface area contributed by atoms with Crippen LogP contribution in [0, 0.1) is 0 Å². The number of halogens is 1. The molecule has 0 aliphatic rings. The van der Waals surface area contributed by atoms with E-state index in [-0.39, 0.29) is 16.4 Å². The molecule has 1 rings (SSSR count). The van der Waals surface area contributed by atoms with E-state index in [2.05, 4.69) is 4.37 Å². The van der Waals surface area contributed by atoms with Crippen molar-refractivity contribution in [1.82, 2.24) is 4.37 Å². The van der Waals surface area contributed by atoms with E-state index in [1.807, 2.05) is 0 Å². The maximum atomic E-state index is 11.1. The van der Waals surface area contributed by atoms with Crippen LogP contribution in [0.2, 0.25) is 0 Å². The number of aromatic nitrogens is 1. The fraction of sp³-hybridized carbons (Fsp3) is 0.333. The maximum absolute atomic E-state index is 11.1. The van der Waals surface area contributed by atoms with Gasteiger partial charge in [-0.15, -0.1) is 0 Å². The lowest BCUT2D eigenvalue weighted by atomic mass is 10.4. The van der Waals surface area contributed by atoms with Crippen LogP contribution in [0.1, 0.15) is 16.6 Å². The number of hydrogen-bond donors (Lipinski definition) is 1. The van der Waals surface area contributed by atoms with Gasteiger partial charge in [0.1, 0.15) is 0 Å². The van der Waals surface area contributed by atoms with Crippen molar-refractivity contribution in [2.24, 2.45) is 0 Å². The molecule has 0 saturated carbocycles. The molecule has 1 atom stereocenters. The van der Waals surface area contributed by atoms with Gasteiger partial charge in [0.15, 0.2) is 5.69 Å². The molecule has 0 aliphatic carbocycles. The summed E-state index contributed by atoms with van der Waals surface area (Å²) in [5, 5.41) is -0.866. The molecule has 2 N–H and O–H groups in total. The Balaban J connectivity index is 3.14. The number of carbonyl (C=O) groups is 1. The molecule has 0 radical (unpaired) electrons. The summed E-state index contributed by atoms with van der Waals surface area (Å²) in [6.07, 6.45) is 0. The van der Waals surface area contributed by atoms with Gasteiger partial charge in [-0.25, -0.2) is 0 Å². The summed E-state index contributed by atoms with van der Waals surface area (Å²) in [5.74, 6) is 0.0184. The molecule has 0 amide bonds. The van der Waals surface area contributed by atoms with Crippen LogP contribution in [0.4, 0.5) is 5.69 Å². The van der Waals surface area contributed by atoms with Gasteiger partial charge in [-0.2, -0.15) is 0 Å². The highest BCUT2D eigenvalue weighted by Crippen LogP contribution is 2.34. The third kappa shape index (κ3) is 1.90. The fourth-order valence-corrected chi connectivity index (χ4v) is 1.88. The van der Waals surface area contributed by atoms with E-state index in [4.69, 9.17) is 22.1 Å². The van der Waals surface area contributed by atoms with E-state index in [0.717, 1.165) is 0 Å². The third-order valence-corrected chi connectivity index (χ3v) is 2.66. The minimum atomic E-state index is -1.82. The first kappa shape index (κ1) is 10.2. The third-order valence-electron chi connectivity index (χ3n) is 1.28. The van der Waals surface area contributed by atoms with E-state index in [1.165, 1.54) is 0 Å². The molecule has 1 unspecified atom stereocenters. The zero-order valence-corrected chi connectivity index (χ0v) is 8.32. The molecular weight excluding hydrogens is 216 g/mol. The minimum Gasteiger partial charge on any atom is -0.568 e. The number of anilines is 1. The lowest BCUT2D eigenvalue weighted by molar-refractivity contribution is 0.108. The van der Waals surface area contributed by atoms with Crippen molar-refractivity contribution in [3.05, 3.63) is 4.88 Å². The Bertz CT molecular complexity index is 339. The number of hydrogen-bond acceptors (Lipinski definition) is 5. The second-order valence-corrected chi connectivity index (χ2v) is 3.53. The summed E-state index contributed by atoms with van der Waals surface area (Å²) in [5.41, 5.74) is 5.38. The van der Waals surface area contributed by atoms with Crippen LogP contribution in [0.3, 0.4) is 0 Å². The Hall–Kier alpha value is -0.850. The predicted octanol–water partition coefficient (Wildman–Crippen LogP) is 1.17. The van der Waals surface area contributed by atoms with Crippen molar-refractivity contribution in [3.8, 4) is 5.88 Å². The molecule has 72 valence electrons. The summed E-state index contributed by atoms with van der Waals surface area (Å²) in [6.45, 7) is 2.06. The Morgan fingerprint density at radius 3 is 2.85 bits per heavy atom. The zero-order valence-electron chi connectivity index (χ0n) is 6.74. The number of nitrogen functional groups attached to an aromatic ring is 1. The van der Waals surface area contributed by atoms with E-state index in [1.54, 1.807) is 6.92 Å². The van der Waals surface area contributed by atoms with E-state index in [9.17, 15) is 9.35 Å². The molecule has 0 fully saturated rings. The first-order chi connectivity index (χ1) is 6.07. The Labute approximate surface area is 82.4 Å². The van der Waals surface area contributed by atoms with Crippen LogP contribution in [-0.4, -0.2) is 20.8 Å². The highest BCUT2D eigenvalue weighted by Gasteiger charge is 2.27. The SMILES string of the molecule is CCOc1n[s+]([O-])c(C(=O)Cl)c1N. The number of rotatable bonds is 3. The quantitative estimate of drug-likeness (QED) is 0.613. The van der Waals surface area contributed by atoms with Gasteiger partial charge in [0.2, 0.25) is 0 Å². The molecule has 1 aromatic heterocycles. The predicted molar refractivity (Wildman–Crippen MR) is 48.7 cm³/mol. The Morgan fingerprint density at radius 1 is 1.85 bits per heavy atom. The average molecular weight is 223 g/mol. The first-order valence-corrected chi connectivity index (χ1v) is 4.89. The molecule has 5 nitrogen and oxygen atoms in total. The number of carbonyl (C=O) groups excluding carboxylic acids is 1. The van der Waals surface area contributed by atoms with Gasteiger partial charge in [-0.05, 0) is 18.5 Å². The lowest BCUT2D eigenvalue weighted by Crippen LogP contribution is -1.97. The van der Waals surface area contributed by atoms with Crippen molar-refractivity contribution in [1.29, 1.82) is 0 Å². The average Bonchev–Trinajstić information content (AvgIpc) is 2.28. The van der Waals surface area contributed by atoms with Crippen LogP contribution in [-0.2, 0) is 0 Å². The van der Waals surface area contributed by atoms with Crippen LogP contribution in [0.15, 0.2) is 0 Å². The van der Waals surface area contributed by atoms with Gasteiger partial charge in [0, 0.05) is 4.37 Å². The van der Waals surface area contributed by atoms with Gasteiger partial charge in [-0.3, -0.25) is 4.79 Å². The maximum Gasteiger partial charge on any atom is 0.309 e. The standard InChI is InChI=1S/C6H7ClN2O3S/c1-2-12-6-3(8)4(5(7)10)13(11)9-6/h2,8H2,1H3. The molecule has 0 bridgehead atoms. The van der Waals surface area contributed by atoms with Gasteiger partial charge < -0.3 is 15.0 Å². The van der Waals surface area contributed by atoms with Crippen molar-refractivity contribution in [2.75, 3.05) is 12.3 Å². The fourth-order valence-electron chi connectivity index (χ4n) is 0.777. The number of nitrogens with zero attached hydrogens (tertiary/aromatic N) is 1. The van der Waals surface area contributed by atoms with Crippen LogP contribution < -0.4 is 10.5 Å². The molecule has 0 aliphatic heterocycles. The first-order valence-electron chi connectivity index (χ1n) is 3.41. The van der Waals surface area contributed by atoms with E-state index in [0.29, 0.717) is 6.61 Å². The Kier molecular flexibility index (Phi) is 3.07. The molecular formula is C6H7ClN2O3S. The largest absolute Gasteiger partial charge is 0.568 e. The smallest absolute Gasteiger partial charge is 0.309 e. The van der Waals surface area contributed by atoms with Crippen molar-refractivity contribution >= 4 is 33.5 Å². The summed E-state index contributed by atoms with van der Waals surface area (Å²) in [4.78, 5) is 10.5. The Morgan fingerprint density at radius 2 is 2.46 bits per heavy atom. The molecule has 0 aromatic carbocycles. The van der Waals surface area contributed by atoms with Gasteiger partial charge in [-0.1, -0.05) is 0 Å². The van der Waals surface area contributed by atoms with Crippen LogP contribution >= 0.6 is 22.5 Å². The van der Waals surface area contributed by atoms with Gasteiger partial charge in [0.05, 0.1) is 17.6 Å². The molecule has 13 heavy (non-hydrogen) atoms. The normalized spacial score (nSPS) is 11.5. The zero-order chi connectivity index (χ0) is 10.0. The highest BCUT2D eigenvalue weighted by atomic mass is 35.5. The minimum absolute atomic E-state index is 0.0184. The summed E-state index contributed by atoms with van der Waals surface area (Å²) >= 11 is 5.14. The lowest BCUT2D eigenvalue weighted by Gasteiger charge is -1.94. The summed E-state index contributed by atoms with van der Waals surface area (Å²) in [6, 6.07) is 0. The molecule has 1 aromatic rings.